The van der Waals surface area contributed by atoms with Gasteiger partial charge in [-0.1, -0.05) is 27.7 Å². The summed E-state index contributed by atoms with van der Waals surface area (Å²) >= 11 is 0. The van der Waals surface area contributed by atoms with Crippen LogP contribution in [0, 0.1) is 44.8 Å². The molecule has 5 saturated carbocycles. The lowest BCUT2D eigenvalue weighted by Gasteiger charge is -2.65. The van der Waals surface area contributed by atoms with Gasteiger partial charge in [-0.15, -0.1) is 0 Å². The highest BCUT2D eigenvalue weighted by molar-refractivity contribution is 5.67. The molecule has 8 aliphatic rings. The molecule has 3 aliphatic heterocycles. The molecule has 0 bridgehead atoms. The zero-order chi connectivity index (χ0) is 44.6. The number of aliphatic hydroxyl groups is 7. The van der Waals surface area contributed by atoms with Gasteiger partial charge in [-0.3, -0.25) is 9.59 Å². The van der Waals surface area contributed by atoms with Crippen LogP contribution < -0.4 is 0 Å². The van der Waals surface area contributed by atoms with E-state index in [2.05, 4.69) is 34.6 Å². The van der Waals surface area contributed by atoms with Gasteiger partial charge in [0.25, 0.3) is 0 Å². The Morgan fingerprint density at radius 1 is 0.754 bits per heavy atom. The first-order valence-corrected chi connectivity index (χ1v) is 22.6. The molecule has 8 fully saturated rings. The monoisotopic (exact) mass is 868 g/mol. The van der Waals surface area contributed by atoms with Gasteiger partial charge in [0.2, 0.25) is 0 Å². The molecule has 0 aromatic rings. The number of hydrogen-bond acceptors (Lipinski definition) is 16. The minimum Gasteiger partial charge on any atom is -0.455 e. The van der Waals surface area contributed by atoms with Crippen LogP contribution in [0.25, 0.3) is 0 Å². The second-order valence-corrected chi connectivity index (χ2v) is 22.2. The van der Waals surface area contributed by atoms with E-state index in [0.717, 1.165) is 32.1 Å². The van der Waals surface area contributed by atoms with E-state index in [1.807, 2.05) is 0 Å². The molecule has 0 aromatic carbocycles. The van der Waals surface area contributed by atoms with Crippen LogP contribution in [0.2, 0.25) is 0 Å². The van der Waals surface area contributed by atoms with Crippen molar-refractivity contribution >= 4 is 11.9 Å². The number of ether oxygens (including phenoxy) is 7. The van der Waals surface area contributed by atoms with Gasteiger partial charge in [0.05, 0.1) is 48.8 Å². The first kappa shape index (κ1) is 46.0. The van der Waals surface area contributed by atoms with Crippen LogP contribution in [0.15, 0.2) is 0 Å². The van der Waals surface area contributed by atoms with E-state index in [0.29, 0.717) is 25.7 Å². The minimum absolute atomic E-state index is 0.0638. The quantitative estimate of drug-likeness (QED) is 0.129. The number of carbonyl (C=O) groups is 2. The van der Waals surface area contributed by atoms with Crippen molar-refractivity contribution in [1.82, 2.24) is 0 Å². The first-order valence-electron chi connectivity index (χ1n) is 22.6. The molecule has 3 heterocycles. The standard InChI is InChI=1S/C45H72O16/c1-21(47)56-33-24(50)19-55-38(34(33)57-22(2)48)60-28-11-13-45-20-44(45)15-14-41(7)35(43(9)12-10-29(61-43)40(5,6)54)23(49)17-42(41,8)27(44)16-25(36(45)39(28,3)4)58-37-32(53)31(52)30(51)26(18-46)59-37/h23-38,46,49-54H,10-20H2,1-9H3/t23-,24+,25-,26+,27-,28-,29-,30+,31-,32+,33-,34+,35?,36-,37+,38-,41+,42-,43+,44-,45+/m0/s1. The normalized spacial score (nSPS) is 53.8. The van der Waals surface area contributed by atoms with E-state index >= 15 is 0 Å². The average molecular weight is 869 g/mol. The smallest absolute Gasteiger partial charge is 0.303 e. The summed E-state index contributed by atoms with van der Waals surface area (Å²) in [7, 11) is 0. The maximum atomic E-state index is 12.4. The van der Waals surface area contributed by atoms with E-state index in [4.69, 9.17) is 33.2 Å². The molecule has 348 valence electrons. The zero-order valence-electron chi connectivity index (χ0n) is 37.3. The Morgan fingerprint density at radius 3 is 2.05 bits per heavy atom. The van der Waals surface area contributed by atoms with Crippen LogP contribution >= 0.6 is 0 Å². The summed E-state index contributed by atoms with van der Waals surface area (Å²) in [6, 6.07) is 0. The Balaban J connectivity index is 1.15. The predicted molar refractivity (Wildman–Crippen MR) is 213 cm³/mol. The zero-order valence-corrected chi connectivity index (χ0v) is 37.3. The lowest BCUT2D eigenvalue weighted by molar-refractivity contribution is -0.339. The van der Waals surface area contributed by atoms with Crippen molar-refractivity contribution in [1.29, 1.82) is 0 Å². The molecule has 0 aromatic heterocycles. The van der Waals surface area contributed by atoms with Crippen molar-refractivity contribution in [2.45, 2.75) is 211 Å². The maximum Gasteiger partial charge on any atom is 0.303 e. The average Bonchev–Trinajstić information content (AvgIpc) is 3.52. The molecule has 16 heteroatoms. The van der Waals surface area contributed by atoms with Gasteiger partial charge < -0.3 is 68.9 Å². The van der Waals surface area contributed by atoms with E-state index in [1.54, 1.807) is 13.8 Å². The lowest BCUT2D eigenvalue weighted by atomic mass is 9.41. The summed E-state index contributed by atoms with van der Waals surface area (Å²) in [5.74, 6) is -1.67. The van der Waals surface area contributed by atoms with Gasteiger partial charge in [0, 0.05) is 19.8 Å². The Morgan fingerprint density at radius 2 is 1.43 bits per heavy atom. The van der Waals surface area contributed by atoms with Gasteiger partial charge in [-0.25, -0.2) is 0 Å². The van der Waals surface area contributed by atoms with E-state index in [9.17, 15) is 45.3 Å². The fourth-order valence-corrected chi connectivity index (χ4v) is 15.5. The van der Waals surface area contributed by atoms with Crippen molar-refractivity contribution < 1.29 is 78.5 Å². The molecular formula is C45H72O16. The van der Waals surface area contributed by atoms with Crippen LogP contribution in [0.3, 0.4) is 0 Å². The van der Waals surface area contributed by atoms with Crippen molar-refractivity contribution in [2.24, 2.45) is 44.8 Å². The summed E-state index contributed by atoms with van der Waals surface area (Å²) in [5.41, 5.74) is -3.46. The van der Waals surface area contributed by atoms with Crippen molar-refractivity contribution in [2.75, 3.05) is 13.2 Å². The molecular weight excluding hydrogens is 796 g/mol. The SMILES string of the molecule is CC(=O)O[C@@H]1[C@@H](OC(C)=O)[C@H](O[C@H]2CC[C@]34C[C@]35CC[C@]3(C)C([C@@]6(C)CC[C@@H](C(C)(C)O)O6)[C@@H](O)C[C@@]3(C)[C@@H]5C[C@H](O[C@@H]3O[C@H](CO)[C@@H](O)[C@H](O)[C@H]3O)[C@H]4C2(C)C)OC[C@H]1O. The Labute approximate surface area is 358 Å². The fourth-order valence-electron chi connectivity index (χ4n) is 15.5. The highest BCUT2D eigenvalue weighted by Crippen LogP contribution is 2.89. The highest BCUT2D eigenvalue weighted by Gasteiger charge is 2.85. The lowest BCUT2D eigenvalue weighted by Crippen LogP contribution is -2.65. The molecule has 3 saturated heterocycles. The molecule has 21 atom stereocenters. The molecule has 5 aliphatic carbocycles. The van der Waals surface area contributed by atoms with Crippen LogP contribution in [-0.4, -0.2) is 152 Å². The second-order valence-electron chi connectivity index (χ2n) is 22.2. The first-order chi connectivity index (χ1) is 28.3. The van der Waals surface area contributed by atoms with Gasteiger partial charge in [0.1, 0.15) is 30.5 Å². The van der Waals surface area contributed by atoms with E-state index in [1.165, 1.54) is 13.8 Å². The van der Waals surface area contributed by atoms with Gasteiger partial charge in [0.15, 0.2) is 24.8 Å². The summed E-state index contributed by atoms with van der Waals surface area (Å²) in [6.07, 6.45) is -7.80. The predicted octanol–water partition coefficient (Wildman–Crippen LogP) is 1.87. The molecule has 7 N–H and O–H groups in total. The molecule has 61 heavy (non-hydrogen) atoms. The van der Waals surface area contributed by atoms with E-state index < -0.39 is 109 Å². The number of aliphatic hydroxyl groups excluding tert-OH is 6. The van der Waals surface area contributed by atoms with E-state index in [-0.39, 0.29) is 52.1 Å². The molecule has 2 spiro atoms. The molecule has 8 rings (SSSR count). The van der Waals surface area contributed by atoms with Crippen molar-refractivity contribution in [3.05, 3.63) is 0 Å². The Hall–Kier alpha value is -1.54. The largest absolute Gasteiger partial charge is 0.455 e. The van der Waals surface area contributed by atoms with Gasteiger partial charge in [-0.2, -0.15) is 0 Å². The van der Waals surface area contributed by atoms with Crippen LogP contribution in [0.5, 0.6) is 0 Å². The fraction of sp³-hybridized carbons (Fsp3) is 0.956. The van der Waals surface area contributed by atoms with Crippen LogP contribution in [0.1, 0.15) is 120 Å². The van der Waals surface area contributed by atoms with Crippen LogP contribution in [-0.2, 0) is 42.7 Å². The van der Waals surface area contributed by atoms with Crippen molar-refractivity contribution in [3.8, 4) is 0 Å². The summed E-state index contributed by atoms with van der Waals surface area (Å²) in [6.45, 7) is 16.1. The van der Waals surface area contributed by atoms with Crippen LogP contribution in [0.4, 0.5) is 0 Å². The number of esters is 2. The minimum atomic E-state index is -1.63. The maximum absolute atomic E-state index is 12.4. The van der Waals surface area contributed by atoms with Gasteiger partial charge in [-0.05, 0) is 117 Å². The molecule has 0 radical (unpaired) electrons. The molecule has 0 amide bonds. The topological polar surface area (TPSA) is 240 Å². The number of carbonyl (C=O) groups excluding carboxylic acids is 2. The summed E-state index contributed by atoms with van der Waals surface area (Å²) in [5, 5.41) is 77.1. The van der Waals surface area contributed by atoms with Gasteiger partial charge >= 0.3 is 11.9 Å². The third kappa shape index (κ3) is 6.89. The third-order valence-corrected chi connectivity index (χ3v) is 18.2. The van der Waals surface area contributed by atoms with Crippen molar-refractivity contribution in [3.63, 3.8) is 0 Å². The molecule has 16 nitrogen and oxygen atoms in total. The summed E-state index contributed by atoms with van der Waals surface area (Å²) < 4.78 is 43.6. The number of hydrogen-bond donors (Lipinski definition) is 7. The highest BCUT2D eigenvalue weighted by atomic mass is 16.7. The number of rotatable bonds is 9. The molecule has 1 unspecified atom stereocenters. The Bertz CT molecular complexity index is 1680. The third-order valence-electron chi connectivity index (χ3n) is 18.2. The number of fused-ring (bicyclic) bond motifs is 2. The second kappa shape index (κ2) is 15.3. The Kier molecular flexibility index (Phi) is 11.5. The summed E-state index contributed by atoms with van der Waals surface area (Å²) in [4.78, 5) is 24.5.